The van der Waals surface area contributed by atoms with Crippen LogP contribution in [0.5, 0.6) is 5.75 Å². The number of phenols is 1. The van der Waals surface area contributed by atoms with Crippen LogP contribution in [-0.2, 0) is 21.2 Å². The van der Waals surface area contributed by atoms with E-state index in [2.05, 4.69) is 4.74 Å². The molecule has 1 N–H and O–H groups in total. The van der Waals surface area contributed by atoms with E-state index in [1.165, 1.54) is 29.6 Å². The standard InChI is InChI=1S/C19H21NO5S/c1-3-14-9-8-13-6-4-5-7-17(13)20(14)26(23,24)15-10-11-18(21)16(12-15)19(22)25-2/h4-7,10-12,14,21H,3,8-9H2,1-2H3/t14-/m0/s1. The maximum Gasteiger partial charge on any atom is 0.341 e. The summed E-state index contributed by atoms with van der Waals surface area (Å²) < 4.78 is 32.8. The van der Waals surface area contributed by atoms with Crippen molar-refractivity contribution in [3.05, 3.63) is 53.6 Å². The first-order valence-corrected chi connectivity index (χ1v) is 9.87. The summed E-state index contributed by atoms with van der Waals surface area (Å²) in [5.41, 5.74) is 1.47. The van der Waals surface area contributed by atoms with Crippen molar-refractivity contribution in [3.63, 3.8) is 0 Å². The number of hydrogen-bond acceptors (Lipinski definition) is 5. The van der Waals surface area contributed by atoms with Gasteiger partial charge in [0.25, 0.3) is 10.0 Å². The predicted molar refractivity (Wildman–Crippen MR) is 98.0 cm³/mol. The van der Waals surface area contributed by atoms with Crippen LogP contribution in [0.4, 0.5) is 5.69 Å². The third kappa shape index (κ3) is 3.03. The second-order valence-electron chi connectivity index (χ2n) is 6.20. The Morgan fingerprint density at radius 1 is 1.27 bits per heavy atom. The number of rotatable bonds is 4. The molecule has 0 aliphatic carbocycles. The molecule has 2 aromatic carbocycles. The molecule has 0 amide bonds. The Bertz CT molecular complexity index is 939. The number of aromatic hydroxyl groups is 1. The van der Waals surface area contributed by atoms with Crippen molar-refractivity contribution in [2.24, 2.45) is 0 Å². The highest BCUT2D eigenvalue weighted by Crippen LogP contribution is 2.37. The number of carbonyl (C=O) groups is 1. The number of fused-ring (bicyclic) bond motifs is 1. The minimum atomic E-state index is -3.90. The highest BCUT2D eigenvalue weighted by Gasteiger charge is 2.35. The summed E-state index contributed by atoms with van der Waals surface area (Å²) in [6, 6.07) is 11.0. The second-order valence-corrected chi connectivity index (χ2v) is 8.02. The Balaban J connectivity index is 2.14. The van der Waals surface area contributed by atoms with Crippen LogP contribution in [0, 0.1) is 0 Å². The molecule has 1 heterocycles. The van der Waals surface area contributed by atoms with Gasteiger partial charge >= 0.3 is 5.97 Å². The average Bonchev–Trinajstić information content (AvgIpc) is 2.66. The van der Waals surface area contributed by atoms with Crippen LogP contribution < -0.4 is 4.31 Å². The number of nitrogens with zero attached hydrogens (tertiary/aromatic N) is 1. The zero-order valence-corrected chi connectivity index (χ0v) is 15.5. The topological polar surface area (TPSA) is 83.9 Å². The van der Waals surface area contributed by atoms with Gasteiger partial charge in [0.1, 0.15) is 11.3 Å². The number of carbonyl (C=O) groups excluding carboxylic acids is 1. The van der Waals surface area contributed by atoms with Crippen LogP contribution >= 0.6 is 0 Å². The number of benzene rings is 2. The molecule has 0 unspecified atom stereocenters. The lowest BCUT2D eigenvalue weighted by atomic mass is 9.97. The van der Waals surface area contributed by atoms with Gasteiger partial charge in [-0.15, -0.1) is 0 Å². The molecule has 0 fully saturated rings. The molecule has 3 rings (SSSR count). The number of aryl methyl sites for hydroxylation is 1. The lowest BCUT2D eigenvalue weighted by Gasteiger charge is -2.37. The first-order chi connectivity index (χ1) is 12.4. The van der Waals surface area contributed by atoms with Crippen molar-refractivity contribution in [1.29, 1.82) is 0 Å². The fourth-order valence-corrected chi connectivity index (χ4v) is 5.15. The van der Waals surface area contributed by atoms with Crippen LogP contribution in [0.25, 0.3) is 0 Å². The molecule has 0 aromatic heterocycles. The fraction of sp³-hybridized carbons (Fsp3) is 0.316. The van der Waals surface area contributed by atoms with Crippen molar-refractivity contribution in [2.75, 3.05) is 11.4 Å². The molecule has 0 radical (unpaired) electrons. The van der Waals surface area contributed by atoms with Crippen molar-refractivity contribution in [1.82, 2.24) is 0 Å². The lowest BCUT2D eigenvalue weighted by Crippen LogP contribution is -2.43. The summed E-state index contributed by atoms with van der Waals surface area (Å²) in [6.45, 7) is 1.96. The number of sulfonamides is 1. The van der Waals surface area contributed by atoms with Gasteiger partial charge in [-0.05, 0) is 49.1 Å². The van der Waals surface area contributed by atoms with E-state index in [9.17, 15) is 18.3 Å². The van der Waals surface area contributed by atoms with Gasteiger partial charge in [-0.1, -0.05) is 25.1 Å². The summed E-state index contributed by atoms with van der Waals surface area (Å²) in [5, 5.41) is 9.86. The molecule has 1 atom stereocenters. The molecule has 2 aromatic rings. The number of hydrogen-bond donors (Lipinski definition) is 1. The van der Waals surface area contributed by atoms with E-state index in [1.807, 2.05) is 25.1 Å². The highest BCUT2D eigenvalue weighted by molar-refractivity contribution is 7.92. The van der Waals surface area contributed by atoms with Gasteiger partial charge in [-0.2, -0.15) is 0 Å². The molecule has 7 heteroatoms. The van der Waals surface area contributed by atoms with Gasteiger partial charge in [0.15, 0.2) is 0 Å². The summed E-state index contributed by atoms with van der Waals surface area (Å²) in [6.07, 6.45) is 2.23. The van der Waals surface area contributed by atoms with E-state index in [0.717, 1.165) is 18.4 Å². The van der Waals surface area contributed by atoms with Crippen LogP contribution in [0.3, 0.4) is 0 Å². The van der Waals surface area contributed by atoms with Crippen LogP contribution in [0.15, 0.2) is 47.4 Å². The van der Waals surface area contributed by atoms with Gasteiger partial charge in [-0.3, -0.25) is 4.31 Å². The first-order valence-electron chi connectivity index (χ1n) is 8.43. The van der Waals surface area contributed by atoms with Crippen molar-refractivity contribution in [3.8, 4) is 5.75 Å². The molecule has 0 saturated heterocycles. The maximum atomic E-state index is 13.4. The van der Waals surface area contributed by atoms with E-state index in [0.29, 0.717) is 12.1 Å². The molecule has 6 nitrogen and oxygen atoms in total. The van der Waals surface area contributed by atoms with Gasteiger partial charge in [0.05, 0.1) is 17.7 Å². The summed E-state index contributed by atoms with van der Waals surface area (Å²) >= 11 is 0. The molecular formula is C19H21NO5S. The quantitative estimate of drug-likeness (QED) is 0.830. The Hall–Kier alpha value is -2.54. The summed E-state index contributed by atoms with van der Waals surface area (Å²) in [5.74, 6) is -1.10. The van der Waals surface area contributed by atoms with Gasteiger partial charge in [0.2, 0.25) is 0 Å². The van der Waals surface area contributed by atoms with Gasteiger partial charge in [0, 0.05) is 6.04 Å². The molecule has 0 bridgehead atoms. The average molecular weight is 375 g/mol. The van der Waals surface area contributed by atoms with Crippen molar-refractivity contribution < 1.29 is 23.1 Å². The minimum Gasteiger partial charge on any atom is -0.507 e. The van der Waals surface area contributed by atoms with Crippen LogP contribution in [0.1, 0.15) is 35.7 Å². The number of para-hydroxylation sites is 1. The number of methoxy groups -OCH3 is 1. The minimum absolute atomic E-state index is 0.0501. The van der Waals surface area contributed by atoms with E-state index < -0.39 is 16.0 Å². The highest BCUT2D eigenvalue weighted by atomic mass is 32.2. The van der Waals surface area contributed by atoms with E-state index in [-0.39, 0.29) is 22.3 Å². The molecule has 138 valence electrons. The zero-order chi connectivity index (χ0) is 18.9. The monoisotopic (exact) mass is 375 g/mol. The Labute approximate surface area is 153 Å². The van der Waals surface area contributed by atoms with Gasteiger partial charge in [-0.25, -0.2) is 13.2 Å². The van der Waals surface area contributed by atoms with E-state index >= 15 is 0 Å². The van der Waals surface area contributed by atoms with Crippen molar-refractivity contribution in [2.45, 2.75) is 37.1 Å². The van der Waals surface area contributed by atoms with Crippen LogP contribution in [0.2, 0.25) is 0 Å². The van der Waals surface area contributed by atoms with Crippen molar-refractivity contribution >= 4 is 21.7 Å². The third-order valence-electron chi connectivity index (χ3n) is 4.71. The SMILES string of the molecule is CC[C@H]1CCc2ccccc2N1S(=O)(=O)c1ccc(O)c(C(=O)OC)c1. The maximum absolute atomic E-state index is 13.4. The fourth-order valence-electron chi connectivity index (χ4n) is 3.33. The Morgan fingerprint density at radius 2 is 2.00 bits per heavy atom. The molecule has 1 aliphatic rings. The smallest absolute Gasteiger partial charge is 0.341 e. The Kier molecular flexibility index (Phi) is 4.91. The Morgan fingerprint density at radius 3 is 2.69 bits per heavy atom. The summed E-state index contributed by atoms with van der Waals surface area (Å²) in [4.78, 5) is 11.8. The molecule has 0 spiro atoms. The zero-order valence-electron chi connectivity index (χ0n) is 14.7. The molecule has 1 aliphatic heterocycles. The number of anilines is 1. The number of esters is 1. The molecular weight excluding hydrogens is 354 g/mol. The second kappa shape index (κ2) is 6.99. The molecule has 26 heavy (non-hydrogen) atoms. The lowest BCUT2D eigenvalue weighted by molar-refractivity contribution is 0.0597. The summed E-state index contributed by atoms with van der Waals surface area (Å²) in [7, 11) is -2.73. The van der Waals surface area contributed by atoms with Gasteiger partial charge < -0.3 is 9.84 Å². The largest absolute Gasteiger partial charge is 0.507 e. The number of ether oxygens (including phenoxy) is 1. The predicted octanol–water partition coefficient (Wildman–Crippen LogP) is 3.10. The molecule has 0 saturated carbocycles. The number of phenolic OH excluding ortho intramolecular Hbond substituents is 1. The van der Waals surface area contributed by atoms with E-state index in [4.69, 9.17) is 0 Å². The van der Waals surface area contributed by atoms with Crippen LogP contribution in [-0.4, -0.2) is 32.6 Å². The first kappa shape index (κ1) is 18.3. The van der Waals surface area contributed by atoms with E-state index in [1.54, 1.807) is 6.07 Å². The third-order valence-corrected chi connectivity index (χ3v) is 6.57. The normalized spacial score (nSPS) is 16.8.